The first-order chi connectivity index (χ1) is 14.7. The third-order valence-corrected chi connectivity index (χ3v) is 5.59. The fourth-order valence-electron chi connectivity index (χ4n) is 3.91. The summed E-state index contributed by atoms with van der Waals surface area (Å²) in [5, 5.41) is 14.0. The molecular formula is C21H35N7O2. The van der Waals surface area contributed by atoms with Crippen molar-refractivity contribution in [3.63, 3.8) is 0 Å². The van der Waals surface area contributed by atoms with Crippen LogP contribution in [0.25, 0.3) is 11.6 Å². The fraction of sp³-hybridized carbons (Fsp3) is 0.667. The van der Waals surface area contributed by atoms with Crippen molar-refractivity contribution in [2.45, 2.75) is 46.2 Å². The molecule has 3 N–H and O–H groups in total. The Bertz CT molecular complexity index is 749. The highest BCUT2D eigenvalue weighted by Crippen LogP contribution is 2.19. The molecule has 0 radical (unpaired) electrons. The lowest BCUT2D eigenvalue weighted by Crippen LogP contribution is -2.53. The summed E-state index contributed by atoms with van der Waals surface area (Å²) in [6.07, 6.45) is 3.95. The molecule has 0 saturated carbocycles. The van der Waals surface area contributed by atoms with E-state index in [1.54, 1.807) is 6.26 Å². The zero-order valence-corrected chi connectivity index (χ0v) is 18.4. The van der Waals surface area contributed by atoms with E-state index in [2.05, 4.69) is 51.5 Å². The van der Waals surface area contributed by atoms with Crippen molar-refractivity contribution < 1.29 is 9.15 Å². The summed E-state index contributed by atoms with van der Waals surface area (Å²) in [6.45, 7) is 12.3. The van der Waals surface area contributed by atoms with Crippen molar-refractivity contribution in [2.24, 2.45) is 10.9 Å². The number of furan rings is 1. The number of aromatic nitrogens is 3. The molecule has 30 heavy (non-hydrogen) atoms. The maximum Gasteiger partial charge on any atom is 0.216 e. The molecule has 1 saturated heterocycles. The van der Waals surface area contributed by atoms with Gasteiger partial charge in [-0.2, -0.15) is 0 Å². The second kappa shape index (κ2) is 11.7. The van der Waals surface area contributed by atoms with Gasteiger partial charge in [0.05, 0.1) is 19.5 Å². The van der Waals surface area contributed by atoms with Gasteiger partial charge in [0.1, 0.15) is 12.4 Å². The largest absolute Gasteiger partial charge is 0.461 e. The Hall–Kier alpha value is -2.39. The van der Waals surface area contributed by atoms with Gasteiger partial charge >= 0.3 is 0 Å². The molecule has 9 heteroatoms. The molecule has 1 aliphatic rings. The van der Waals surface area contributed by atoms with Crippen molar-refractivity contribution >= 4 is 5.96 Å². The van der Waals surface area contributed by atoms with Crippen molar-refractivity contribution in [1.82, 2.24) is 30.7 Å². The summed E-state index contributed by atoms with van der Waals surface area (Å²) < 4.78 is 10.9. The van der Waals surface area contributed by atoms with Crippen molar-refractivity contribution in [3.05, 3.63) is 24.2 Å². The first-order valence-corrected chi connectivity index (χ1v) is 11.0. The number of nitrogens with zero attached hydrogens (tertiary/aromatic N) is 4. The molecule has 3 heterocycles. The van der Waals surface area contributed by atoms with Crippen LogP contribution in [0.3, 0.4) is 0 Å². The summed E-state index contributed by atoms with van der Waals surface area (Å²) in [4.78, 5) is 11.7. The van der Waals surface area contributed by atoms with Gasteiger partial charge < -0.3 is 19.8 Å². The second-order valence-electron chi connectivity index (χ2n) is 7.45. The molecule has 0 aliphatic carbocycles. The second-order valence-corrected chi connectivity index (χ2v) is 7.45. The van der Waals surface area contributed by atoms with Crippen molar-refractivity contribution in [3.8, 4) is 11.6 Å². The molecule has 1 unspecified atom stereocenters. The lowest BCUT2D eigenvalue weighted by Gasteiger charge is -2.39. The summed E-state index contributed by atoms with van der Waals surface area (Å²) in [5.41, 5.74) is 0. The molecule has 2 aromatic rings. The molecule has 1 atom stereocenters. The standard InChI is InChI=1S/C21H35N7O2/c1-4-16(5-2)17(28-9-12-29-13-10-28)14-23-21(22-6-3)24-15-19-25-20(27-26-19)18-8-7-11-30-18/h7-8,11,16-17H,4-6,9-10,12-15H2,1-3H3,(H2,22,23,24)(H,25,26,27). The Morgan fingerprint density at radius 1 is 1.23 bits per heavy atom. The van der Waals surface area contributed by atoms with Gasteiger partial charge in [0.15, 0.2) is 11.7 Å². The van der Waals surface area contributed by atoms with Gasteiger partial charge in [-0.15, -0.1) is 5.10 Å². The van der Waals surface area contributed by atoms with Gasteiger partial charge in [-0.25, -0.2) is 9.98 Å². The van der Waals surface area contributed by atoms with E-state index in [0.29, 0.717) is 35.9 Å². The molecule has 166 valence electrons. The number of aromatic amines is 1. The number of hydrogen-bond acceptors (Lipinski definition) is 6. The van der Waals surface area contributed by atoms with Crippen LogP contribution in [0.1, 0.15) is 39.4 Å². The average molecular weight is 418 g/mol. The number of ether oxygens (including phenoxy) is 1. The Morgan fingerprint density at radius 2 is 2.03 bits per heavy atom. The average Bonchev–Trinajstić information content (AvgIpc) is 3.47. The van der Waals surface area contributed by atoms with Gasteiger partial charge in [-0.1, -0.05) is 26.7 Å². The van der Waals surface area contributed by atoms with Gasteiger partial charge in [0.25, 0.3) is 0 Å². The van der Waals surface area contributed by atoms with Crippen LogP contribution in [0.5, 0.6) is 0 Å². The van der Waals surface area contributed by atoms with Crippen molar-refractivity contribution in [2.75, 3.05) is 39.4 Å². The SMILES string of the molecule is CCNC(=NCc1nc(-c2ccco2)n[nH]1)NCC(C(CC)CC)N1CCOCC1. The Balaban J connectivity index is 1.62. The summed E-state index contributed by atoms with van der Waals surface area (Å²) in [7, 11) is 0. The van der Waals surface area contributed by atoms with Crippen LogP contribution in [0.4, 0.5) is 0 Å². The number of hydrogen-bond donors (Lipinski definition) is 3. The topological polar surface area (TPSA) is 104 Å². The monoisotopic (exact) mass is 417 g/mol. The minimum absolute atomic E-state index is 0.413. The van der Waals surface area contributed by atoms with E-state index in [1.165, 1.54) is 12.8 Å². The van der Waals surface area contributed by atoms with Crippen LogP contribution < -0.4 is 10.6 Å². The van der Waals surface area contributed by atoms with E-state index in [0.717, 1.165) is 45.4 Å². The van der Waals surface area contributed by atoms with Crippen LogP contribution in [-0.4, -0.2) is 71.5 Å². The first kappa shape index (κ1) is 22.3. The number of nitrogens with one attached hydrogen (secondary N) is 3. The summed E-state index contributed by atoms with van der Waals surface area (Å²) >= 11 is 0. The van der Waals surface area contributed by atoms with E-state index in [1.807, 2.05) is 12.1 Å². The molecule has 0 amide bonds. The summed E-state index contributed by atoms with van der Waals surface area (Å²) in [6, 6.07) is 4.12. The van der Waals surface area contributed by atoms with Gasteiger partial charge in [-0.3, -0.25) is 10.00 Å². The molecular weight excluding hydrogens is 382 g/mol. The van der Waals surface area contributed by atoms with E-state index in [9.17, 15) is 0 Å². The Labute approximate surface area is 178 Å². The van der Waals surface area contributed by atoms with E-state index < -0.39 is 0 Å². The molecule has 0 bridgehead atoms. The highest BCUT2D eigenvalue weighted by Gasteiger charge is 2.27. The zero-order chi connectivity index (χ0) is 21.2. The highest BCUT2D eigenvalue weighted by atomic mass is 16.5. The smallest absolute Gasteiger partial charge is 0.216 e. The molecule has 2 aromatic heterocycles. The molecule has 0 aromatic carbocycles. The van der Waals surface area contributed by atoms with E-state index in [4.69, 9.17) is 14.1 Å². The maximum absolute atomic E-state index is 5.56. The maximum atomic E-state index is 5.56. The molecule has 1 fully saturated rings. The lowest BCUT2D eigenvalue weighted by molar-refractivity contribution is 0.00272. The molecule has 3 rings (SSSR count). The molecule has 1 aliphatic heterocycles. The van der Waals surface area contributed by atoms with Crippen LogP contribution >= 0.6 is 0 Å². The predicted molar refractivity (Wildman–Crippen MR) is 117 cm³/mol. The first-order valence-electron chi connectivity index (χ1n) is 11.0. The van der Waals surface area contributed by atoms with Gasteiger partial charge in [0.2, 0.25) is 5.82 Å². The minimum atomic E-state index is 0.413. The van der Waals surface area contributed by atoms with Crippen LogP contribution in [0.2, 0.25) is 0 Å². The molecule has 9 nitrogen and oxygen atoms in total. The zero-order valence-electron chi connectivity index (χ0n) is 18.4. The summed E-state index contributed by atoms with van der Waals surface area (Å²) in [5.74, 6) is 3.32. The lowest BCUT2D eigenvalue weighted by atomic mass is 9.92. The quantitative estimate of drug-likeness (QED) is 0.402. The number of rotatable bonds is 10. The van der Waals surface area contributed by atoms with Crippen LogP contribution in [-0.2, 0) is 11.3 Å². The van der Waals surface area contributed by atoms with E-state index in [-0.39, 0.29) is 0 Å². The predicted octanol–water partition coefficient (Wildman–Crippen LogP) is 2.26. The third kappa shape index (κ3) is 6.06. The van der Waals surface area contributed by atoms with Gasteiger partial charge in [0, 0.05) is 32.2 Å². The Kier molecular flexibility index (Phi) is 8.70. The molecule has 0 spiro atoms. The van der Waals surface area contributed by atoms with Crippen LogP contribution in [0.15, 0.2) is 27.8 Å². The normalized spacial score (nSPS) is 16.7. The number of H-pyrrole nitrogens is 1. The fourth-order valence-corrected chi connectivity index (χ4v) is 3.91. The van der Waals surface area contributed by atoms with Crippen LogP contribution in [0, 0.1) is 5.92 Å². The minimum Gasteiger partial charge on any atom is -0.461 e. The Morgan fingerprint density at radius 3 is 2.70 bits per heavy atom. The van der Waals surface area contributed by atoms with Crippen molar-refractivity contribution in [1.29, 1.82) is 0 Å². The number of aliphatic imine (C=N–C) groups is 1. The number of morpholine rings is 1. The number of guanidine groups is 1. The van der Waals surface area contributed by atoms with Gasteiger partial charge in [-0.05, 0) is 25.0 Å². The van der Waals surface area contributed by atoms with E-state index >= 15 is 0 Å². The highest BCUT2D eigenvalue weighted by molar-refractivity contribution is 5.79. The third-order valence-electron chi connectivity index (χ3n) is 5.59.